The smallest absolute Gasteiger partial charge is 0.223 e. The van der Waals surface area contributed by atoms with Gasteiger partial charge in [-0.25, -0.2) is 14.6 Å². The van der Waals surface area contributed by atoms with E-state index in [1.54, 1.807) is 11.8 Å². The summed E-state index contributed by atoms with van der Waals surface area (Å²) in [6.45, 7) is 10.6. The van der Waals surface area contributed by atoms with Gasteiger partial charge in [-0.3, -0.25) is 4.79 Å². The summed E-state index contributed by atoms with van der Waals surface area (Å²) >= 11 is 1.63. The Balaban J connectivity index is 1.74. The summed E-state index contributed by atoms with van der Waals surface area (Å²) in [6, 6.07) is 0. The Labute approximate surface area is 183 Å². The average molecular weight is 435 g/mol. The van der Waals surface area contributed by atoms with Gasteiger partial charge in [0, 0.05) is 25.6 Å². The van der Waals surface area contributed by atoms with Crippen LogP contribution in [0.4, 0.5) is 5.82 Å². The van der Waals surface area contributed by atoms with Crippen LogP contribution in [-0.4, -0.2) is 64.3 Å². The van der Waals surface area contributed by atoms with Crippen molar-refractivity contribution in [3.8, 4) is 0 Å². The first-order valence-electron chi connectivity index (χ1n) is 11.1. The lowest BCUT2D eigenvalue weighted by Crippen LogP contribution is -2.37. The zero-order valence-electron chi connectivity index (χ0n) is 18.4. The second-order valence-corrected chi connectivity index (χ2v) is 8.76. The highest BCUT2D eigenvalue weighted by atomic mass is 32.2. The molecule has 1 aliphatic rings. The molecule has 1 fully saturated rings. The lowest BCUT2D eigenvalue weighted by molar-refractivity contribution is -0.125. The average Bonchev–Trinajstić information content (AvgIpc) is 3.17. The second kappa shape index (κ2) is 11.5. The van der Waals surface area contributed by atoms with Crippen LogP contribution in [0.25, 0.3) is 11.0 Å². The first kappa shape index (κ1) is 22.8. The summed E-state index contributed by atoms with van der Waals surface area (Å²) in [4.78, 5) is 24.3. The number of fused-ring (bicyclic) bond motifs is 1. The standard InChI is InChI=1S/C21H34N6O2S/c1-4-7-16(8-5-2)20(28)22-9-10-27-19-17(15-23-27)18(24-21(25-19)30-6-3)26-11-13-29-14-12-26/h15-16H,4-14H2,1-3H3,(H,22,28). The molecule has 8 nitrogen and oxygen atoms in total. The van der Waals surface area contributed by atoms with Crippen LogP contribution >= 0.6 is 11.8 Å². The van der Waals surface area contributed by atoms with Crippen LogP contribution in [-0.2, 0) is 16.1 Å². The van der Waals surface area contributed by atoms with Crippen molar-refractivity contribution in [3.63, 3.8) is 0 Å². The predicted molar refractivity (Wildman–Crippen MR) is 121 cm³/mol. The van der Waals surface area contributed by atoms with Gasteiger partial charge in [0.15, 0.2) is 10.8 Å². The number of rotatable bonds is 11. The number of ether oxygens (including phenoxy) is 1. The zero-order valence-corrected chi connectivity index (χ0v) is 19.2. The fraction of sp³-hybridized carbons (Fsp3) is 0.714. The van der Waals surface area contributed by atoms with Crippen LogP contribution in [0.5, 0.6) is 0 Å². The SMILES string of the molecule is CCCC(CCC)C(=O)NCCn1ncc2c(N3CCOCC3)nc(SCC)nc21. The van der Waals surface area contributed by atoms with Gasteiger partial charge >= 0.3 is 0 Å². The van der Waals surface area contributed by atoms with E-state index in [0.29, 0.717) is 26.3 Å². The molecule has 9 heteroatoms. The highest BCUT2D eigenvalue weighted by molar-refractivity contribution is 7.99. The molecule has 0 unspecified atom stereocenters. The first-order chi connectivity index (χ1) is 14.7. The number of thioether (sulfide) groups is 1. The van der Waals surface area contributed by atoms with E-state index in [4.69, 9.17) is 14.7 Å². The number of carbonyl (C=O) groups excluding carboxylic acids is 1. The number of aromatic nitrogens is 4. The van der Waals surface area contributed by atoms with Crippen LogP contribution in [0.15, 0.2) is 11.4 Å². The van der Waals surface area contributed by atoms with Crippen molar-refractivity contribution in [2.24, 2.45) is 5.92 Å². The van der Waals surface area contributed by atoms with E-state index in [1.807, 2.05) is 10.9 Å². The summed E-state index contributed by atoms with van der Waals surface area (Å²) < 4.78 is 7.38. The van der Waals surface area contributed by atoms with Gasteiger partial charge in [0.2, 0.25) is 5.91 Å². The van der Waals surface area contributed by atoms with Gasteiger partial charge in [-0.05, 0) is 18.6 Å². The number of amides is 1. The van der Waals surface area contributed by atoms with Crippen molar-refractivity contribution in [2.45, 2.75) is 58.2 Å². The molecule has 30 heavy (non-hydrogen) atoms. The molecule has 1 saturated heterocycles. The Hall–Kier alpha value is -1.87. The number of morpholine rings is 1. The zero-order chi connectivity index (χ0) is 21.3. The van der Waals surface area contributed by atoms with Gasteiger partial charge in [0.25, 0.3) is 0 Å². The molecule has 0 aromatic carbocycles. The molecule has 1 N–H and O–H groups in total. The van der Waals surface area contributed by atoms with Crippen molar-refractivity contribution in [1.29, 1.82) is 0 Å². The number of anilines is 1. The lowest BCUT2D eigenvalue weighted by Gasteiger charge is -2.28. The van der Waals surface area contributed by atoms with Crippen LogP contribution in [0.1, 0.15) is 46.5 Å². The molecule has 0 radical (unpaired) electrons. The molecule has 0 saturated carbocycles. The van der Waals surface area contributed by atoms with Crippen LogP contribution in [0.2, 0.25) is 0 Å². The van der Waals surface area contributed by atoms with E-state index in [0.717, 1.165) is 66.5 Å². The Kier molecular flexibility index (Phi) is 8.74. The Morgan fingerprint density at radius 1 is 1.20 bits per heavy atom. The van der Waals surface area contributed by atoms with Crippen molar-refractivity contribution in [2.75, 3.05) is 43.5 Å². The molecule has 1 aliphatic heterocycles. The molecular weight excluding hydrogens is 400 g/mol. The fourth-order valence-corrected chi connectivity index (χ4v) is 4.39. The molecule has 1 amide bonds. The van der Waals surface area contributed by atoms with Crippen LogP contribution in [0.3, 0.4) is 0 Å². The van der Waals surface area contributed by atoms with Gasteiger partial charge in [0.05, 0.1) is 31.3 Å². The first-order valence-corrected chi connectivity index (χ1v) is 12.1. The second-order valence-electron chi connectivity index (χ2n) is 7.53. The normalized spacial score (nSPS) is 14.6. The quantitative estimate of drug-likeness (QED) is 0.430. The molecule has 3 heterocycles. The predicted octanol–water partition coefficient (Wildman–Crippen LogP) is 3.11. The highest BCUT2D eigenvalue weighted by Gasteiger charge is 2.20. The Bertz CT molecular complexity index is 815. The molecule has 0 bridgehead atoms. The highest BCUT2D eigenvalue weighted by Crippen LogP contribution is 2.27. The number of hydrogen-bond acceptors (Lipinski definition) is 7. The number of hydrogen-bond donors (Lipinski definition) is 1. The van der Waals surface area contributed by atoms with Gasteiger partial charge in [-0.1, -0.05) is 45.4 Å². The number of nitrogens with one attached hydrogen (secondary N) is 1. The third kappa shape index (κ3) is 5.63. The fourth-order valence-electron chi connectivity index (χ4n) is 3.83. The van der Waals surface area contributed by atoms with E-state index in [-0.39, 0.29) is 11.8 Å². The summed E-state index contributed by atoms with van der Waals surface area (Å²) in [5.41, 5.74) is 0.829. The van der Waals surface area contributed by atoms with Gasteiger partial charge < -0.3 is 15.0 Å². The van der Waals surface area contributed by atoms with E-state index in [2.05, 4.69) is 36.1 Å². The number of nitrogens with zero attached hydrogens (tertiary/aromatic N) is 5. The number of carbonyl (C=O) groups is 1. The minimum atomic E-state index is 0.108. The molecule has 0 spiro atoms. The Morgan fingerprint density at radius 2 is 1.93 bits per heavy atom. The van der Waals surface area contributed by atoms with Crippen molar-refractivity contribution in [1.82, 2.24) is 25.1 Å². The maximum Gasteiger partial charge on any atom is 0.223 e. The van der Waals surface area contributed by atoms with E-state index in [9.17, 15) is 4.79 Å². The van der Waals surface area contributed by atoms with E-state index in [1.165, 1.54) is 0 Å². The summed E-state index contributed by atoms with van der Waals surface area (Å²) in [5, 5.41) is 9.38. The van der Waals surface area contributed by atoms with Crippen molar-refractivity contribution < 1.29 is 9.53 Å². The van der Waals surface area contributed by atoms with Crippen molar-refractivity contribution in [3.05, 3.63) is 6.20 Å². The summed E-state index contributed by atoms with van der Waals surface area (Å²) in [7, 11) is 0. The van der Waals surface area contributed by atoms with Crippen LogP contribution < -0.4 is 10.2 Å². The maximum absolute atomic E-state index is 12.5. The lowest BCUT2D eigenvalue weighted by atomic mass is 9.97. The third-order valence-electron chi connectivity index (χ3n) is 5.31. The summed E-state index contributed by atoms with van der Waals surface area (Å²) in [6.07, 6.45) is 5.79. The van der Waals surface area contributed by atoms with E-state index < -0.39 is 0 Å². The van der Waals surface area contributed by atoms with E-state index >= 15 is 0 Å². The van der Waals surface area contributed by atoms with Crippen molar-refractivity contribution >= 4 is 34.5 Å². The molecule has 3 rings (SSSR count). The summed E-state index contributed by atoms with van der Waals surface area (Å²) in [5.74, 6) is 2.10. The topological polar surface area (TPSA) is 85.2 Å². The molecule has 2 aromatic rings. The third-order valence-corrected chi connectivity index (χ3v) is 6.04. The maximum atomic E-state index is 12.5. The molecule has 0 atom stereocenters. The minimum absolute atomic E-state index is 0.108. The minimum Gasteiger partial charge on any atom is -0.378 e. The van der Waals surface area contributed by atoms with Gasteiger partial charge in [-0.2, -0.15) is 5.10 Å². The van der Waals surface area contributed by atoms with Crippen LogP contribution in [0, 0.1) is 5.92 Å². The monoisotopic (exact) mass is 434 g/mol. The molecular formula is C21H34N6O2S. The molecule has 166 valence electrons. The molecule has 2 aromatic heterocycles. The largest absolute Gasteiger partial charge is 0.378 e. The van der Waals surface area contributed by atoms with Gasteiger partial charge in [-0.15, -0.1) is 0 Å². The Morgan fingerprint density at radius 3 is 2.60 bits per heavy atom. The van der Waals surface area contributed by atoms with Gasteiger partial charge in [0.1, 0.15) is 5.82 Å². The molecule has 0 aliphatic carbocycles.